The molecule has 5 nitrogen and oxygen atoms in total. The number of hydrogen-bond acceptors (Lipinski definition) is 2. The van der Waals surface area contributed by atoms with Gasteiger partial charge in [-0.2, -0.15) is 0 Å². The Morgan fingerprint density at radius 1 is 1.35 bits per heavy atom. The Kier molecular flexibility index (Phi) is 3.74. The van der Waals surface area contributed by atoms with Gasteiger partial charge < -0.3 is 14.8 Å². The summed E-state index contributed by atoms with van der Waals surface area (Å²) in [6, 6.07) is 6.16. The molecule has 1 heterocycles. The number of carbonyl (C=O) groups excluding carboxylic acids is 2. The van der Waals surface area contributed by atoms with E-state index in [0.29, 0.717) is 16.6 Å². The van der Waals surface area contributed by atoms with Gasteiger partial charge in [-0.05, 0) is 18.2 Å². The van der Waals surface area contributed by atoms with Crippen LogP contribution >= 0.6 is 0 Å². The van der Waals surface area contributed by atoms with Crippen LogP contribution in [0.5, 0.6) is 0 Å². The lowest BCUT2D eigenvalue weighted by Crippen LogP contribution is -2.36. The molecule has 2 aromatic rings. The van der Waals surface area contributed by atoms with Gasteiger partial charge >= 0.3 is 0 Å². The van der Waals surface area contributed by atoms with Crippen LogP contribution in [0.2, 0.25) is 0 Å². The molecule has 0 spiro atoms. The number of carbonyl (C=O) groups is 2. The highest BCUT2D eigenvalue weighted by Crippen LogP contribution is 2.21. The number of nitrogens with zero attached hydrogens (tertiary/aromatic N) is 2. The van der Waals surface area contributed by atoms with Crippen LogP contribution in [0.25, 0.3) is 10.9 Å². The highest BCUT2D eigenvalue weighted by atomic mass is 19.1. The minimum Gasteiger partial charge on any atom is -0.347 e. The summed E-state index contributed by atoms with van der Waals surface area (Å²) < 4.78 is 15.3. The molecule has 0 unspecified atom stereocenters. The molecule has 0 saturated carbocycles. The number of rotatable bonds is 3. The van der Waals surface area contributed by atoms with Gasteiger partial charge in [0, 0.05) is 26.5 Å². The zero-order chi connectivity index (χ0) is 14.9. The largest absolute Gasteiger partial charge is 0.347 e. The van der Waals surface area contributed by atoms with Crippen LogP contribution in [0.15, 0.2) is 24.3 Å². The molecule has 106 valence electrons. The molecule has 0 aliphatic rings. The Morgan fingerprint density at radius 3 is 2.65 bits per heavy atom. The number of likely N-dealkylation sites (N-methyl/N-ethyl adjacent to an activating group) is 1. The SMILES string of the molecule is CN(C)C(=O)CNC(=O)c1cc2c(F)cccc2n1C. The van der Waals surface area contributed by atoms with Gasteiger partial charge in [-0.3, -0.25) is 9.59 Å². The van der Waals surface area contributed by atoms with E-state index < -0.39 is 5.91 Å². The molecule has 1 aromatic carbocycles. The minimum absolute atomic E-state index is 0.0875. The van der Waals surface area contributed by atoms with E-state index in [4.69, 9.17) is 0 Å². The Hall–Kier alpha value is -2.37. The van der Waals surface area contributed by atoms with Gasteiger partial charge in [-0.25, -0.2) is 4.39 Å². The fourth-order valence-electron chi connectivity index (χ4n) is 1.95. The molecular weight excluding hydrogens is 261 g/mol. The lowest BCUT2D eigenvalue weighted by Gasteiger charge is -2.11. The van der Waals surface area contributed by atoms with Gasteiger partial charge in [0.2, 0.25) is 5.91 Å². The van der Waals surface area contributed by atoms with Crippen LogP contribution in [-0.2, 0) is 11.8 Å². The summed E-state index contributed by atoms with van der Waals surface area (Å²) in [6.07, 6.45) is 0. The molecule has 2 amide bonds. The first-order valence-corrected chi connectivity index (χ1v) is 6.14. The summed E-state index contributed by atoms with van der Waals surface area (Å²) in [4.78, 5) is 24.9. The average molecular weight is 277 g/mol. The van der Waals surface area contributed by atoms with Crippen molar-refractivity contribution in [2.24, 2.45) is 7.05 Å². The molecule has 6 heteroatoms. The molecule has 0 radical (unpaired) electrons. The summed E-state index contributed by atoms with van der Waals surface area (Å²) in [5.74, 6) is -0.983. The van der Waals surface area contributed by atoms with Crippen molar-refractivity contribution in [1.29, 1.82) is 0 Å². The van der Waals surface area contributed by atoms with Crippen LogP contribution in [0.4, 0.5) is 4.39 Å². The van der Waals surface area contributed by atoms with Gasteiger partial charge in [-0.1, -0.05) is 6.07 Å². The maximum absolute atomic E-state index is 13.7. The normalized spacial score (nSPS) is 10.6. The number of aromatic nitrogens is 1. The summed E-state index contributed by atoms with van der Waals surface area (Å²) in [7, 11) is 4.91. The molecule has 0 fully saturated rings. The number of amides is 2. The van der Waals surface area contributed by atoms with Gasteiger partial charge in [0.05, 0.1) is 12.1 Å². The van der Waals surface area contributed by atoms with Crippen molar-refractivity contribution in [3.8, 4) is 0 Å². The number of hydrogen-bond donors (Lipinski definition) is 1. The quantitative estimate of drug-likeness (QED) is 0.914. The predicted octanol–water partition coefficient (Wildman–Crippen LogP) is 1.14. The lowest BCUT2D eigenvalue weighted by molar-refractivity contribution is -0.127. The van der Waals surface area contributed by atoms with Crippen molar-refractivity contribution in [1.82, 2.24) is 14.8 Å². The fourth-order valence-corrected chi connectivity index (χ4v) is 1.95. The Morgan fingerprint density at radius 2 is 2.05 bits per heavy atom. The summed E-state index contributed by atoms with van der Waals surface area (Å²) in [6.45, 7) is -0.0875. The van der Waals surface area contributed by atoms with E-state index in [0.717, 1.165) is 0 Å². The number of halogens is 1. The molecule has 0 aliphatic carbocycles. The van der Waals surface area contributed by atoms with Gasteiger partial charge in [0.15, 0.2) is 0 Å². The van der Waals surface area contributed by atoms with E-state index in [9.17, 15) is 14.0 Å². The van der Waals surface area contributed by atoms with Crippen molar-refractivity contribution in [3.05, 3.63) is 35.8 Å². The topological polar surface area (TPSA) is 54.3 Å². The van der Waals surface area contributed by atoms with E-state index in [2.05, 4.69) is 5.32 Å². The molecule has 20 heavy (non-hydrogen) atoms. The van der Waals surface area contributed by atoms with Crippen LogP contribution < -0.4 is 5.32 Å². The fraction of sp³-hybridized carbons (Fsp3) is 0.286. The first-order valence-electron chi connectivity index (χ1n) is 6.14. The first-order chi connectivity index (χ1) is 9.41. The van der Waals surface area contributed by atoms with Crippen LogP contribution in [0.1, 0.15) is 10.5 Å². The molecule has 1 N–H and O–H groups in total. The van der Waals surface area contributed by atoms with Crippen molar-refractivity contribution in [3.63, 3.8) is 0 Å². The molecule has 0 aliphatic heterocycles. The smallest absolute Gasteiger partial charge is 0.268 e. The zero-order valence-electron chi connectivity index (χ0n) is 11.6. The Balaban J connectivity index is 2.25. The van der Waals surface area contributed by atoms with Gasteiger partial charge in [0.25, 0.3) is 5.91 Å². The third-order valence-corrected chi connectivity index (χ3v) is 3.17. The number of nitrogens with one attached hydrogen (secondary N) is 1. The van der Waals surface area contributed by atoms with E-state index in [1.807, 2.05) is 0 Å². The molecular formula is C14H16FN3O2. The molecule has 0 atom stereocenters. The molecule has 2 rings (SSSR count). The number of fused-ring (bicyclic) bond motifs is 1. The minimum atomic E-state index is -0.404. The van der Waals surface area contributed by atoms with E-state index >= 15 is 0 Å². The Bertz CT molecular complexity index is 676. The van der Waals surface area contributed by atoms with Crippen LogP contribution in [-0.4, -0.2) is 41.9 Å². The third-order valence-electron chi connectivity index (χ3n) is 3.17. The predicted molar refractivity (Wildman–Crippen MR) is 73.9 cm³/mol. The second-order valence-corrected chi connectivity index (χ2v) is 4.73. The van der Waals surface area contributed by atoms with Crippen molar-refractivity contribution in [2.75, 3.05) is 20.6 Å². The maximum atomic E-state index is 13.7. The molecule has 0 bridgehead atoms. The average Bonchev–Trinajstić information content (AvgIpc) is 2.75. The summed E-state index contributed by atoms with van der Waals surface area (Å²) in [5.41, 5.74) is 0.950. The van der Waals surface area contributed by atoms with Crippen LogP contribution in [0, 0.1) is 5.82 Å². The van der Waals surface area contributed by atoms with E-state index in [1.165, 1.54) is 17.0 Å². The highest BCUT2D eigenvalue weighted by Gasteiger charge is 2.16. The van der Waals surface area contributed by atoms with Crippen molar-refractivity contribution >= 4 is 22.7 Å². The zero-order valence-corrected chi connectivity index (χ0v) is 11.6. The lowest BCUT2D eigenvalue weighted by atomic mass is 10.2. The maximum Gasteiger partial charge on any atom is 0.268 e. The van der Waals surface area contributed by atoms with Crippen molar-refractivity contribution < 1.29 is 14.0 Å². The second kappa shape index (κ2) is 5.32. The molecule has 0 saturated heterocycles. The Labute approximate surface area is 116 Å². The van der Waals surface area contributed by atoms with Gasteiger partial charge in [-0.15, -0.1) is 0 Å². The monoisotopic (exact) mass is 277 g/mol. The standard InChI is InChI=1S/C14H16FN3O2/c1-17(2)13(19)8-16-14(20)12-7-9-10(15)5-4-6-11(9)18(12)3/h4-7H,8H2,1-3H3,(H,16,20). The van der Waals surface area contributed by atoms with Crippen molar-refractivity contribution in [2.45, 2.75) is 0 Å². The third kappa shape index (κ3) is 2.49. The molecule has 1 aromatic heterocycles. The first kappa shape index (κ1) is 14.0. The van der Waals surface area contributed by atoms with E-state index in [1.54, 1.807) is 37.8 Å². The number of aryl methyl sites for hydroxylation is 1. The second-order valence-electron chi connectivity index (χ2n) is 4.73. The highest BCUT2D eigenvalue weighted by molar-refractivity contribution is 6.00. The number of benzene rings is 1. The summed E-state index contributed by atoms with van der Waals surface area (Å²) >= 11 is 0. The van der Waals surface area contributed by atoms with Crippen LogP contribution in [0.3, 0.4) is 0 Å². The van der Waals surface area contributed by atoms with Gasteiger partial charge in [0.1, 0.15) is 11.5 Å². The van der Waals surface area contributed by atoms with E-state index in [-0.39, 0.29) is 18.3 Å². The summed E-state index contributed by atoms with van der Waals surface area (Å²) in [5, 5.41) is 2.92.